The average molecular weight is 518 g/mol. The summed E-state index contributed by atoms with van der Waals surface area (Å²) in [5, 5.41) is 19.3. The number of halogens is 3. The van der Waals surface area contributed by atoms with Crippen LogP contribution in [-0.4, -0.2) is 26.1 Å². The first-order valence-electron chi connectivity index (χ1n) is 11.3. The summed E-state index contributed by atoms with van der Waals surface area (Å²) in [5.41, 5.74) is -0.397. The molecular weight excluding hydrogens is 505 g/mol. The summed E-state index contributed by atoms with van der Waals surface area (Å²) >= 11 is 0. The quantitative estimate of drug-likeness (QED) is 0.375. The average Bonchev–Trinajstić information content (AvgIpc) is 3.49. The number of aromatic nitrogens is 4. The molecule has 2 aliphatic carbocycles. The number of alkyl halides is 3. The van der Waals surface area contributed by atoms with Crippen LogP contribution < -0.4 is 10.4 Å². The van der Waals surface area contributed by atoms with Gasteiger partial charge in [0.1, 0.15) is 30.9 Å². The number of nitriles is 2. The number of hydrogen-bond donors (Lipinski definition) is 0. The molecule has 5 rings (SSSR count). The molecule has 0 unspecified atom stereocenters. The van der Waals surface area contributed by atoms with E-state index >= 15 is 0 Å². The van der Waals surface area contributed by atoms with Crippen molar-refractivity contribution in [1.29, 1.82) is 10.5 Å². The van der Waals surface area contributed by atoms with Gasteiger partial charge in [-0.15, -0.1) is 0 Å². The first-order chi connectivity index (χ1) is 18.8. The van der Waals surface area contributed by atoms with E-state index in [2.05, 4.69) is 29.6 Å². The molecule has 0 spiro atoms. The lowest BCUT2D eigenvalue weighted by Crippen LogP contribution is -2.28. The maximum absolute atomic E-state index is 14.8. The molecule has 11 heteroatoms. The smallest absolute Gasteiger partial charge is 0.237 e. The van der Waals surface area contributed by atoms with Gasteiger partial charge in [0, 0.05) is 47.6 Å². The van der Waals surface area contributed by atoms with Crippen molar-refractivity contribution < 1.29 is 13.2 Å². The highest BCUT2D eigenvalue weighted by atomic mass is 19.4. The molecule has 0 N–H and O–H groups in total. The van der Waals surface area contributed by atoms with Crippen LogP contribution in [-0.2, 0) is 12.8 Å². The first kappa shape index (κ1) is 25.0. The highest BCUT2D eigenvalue weighted by Gasteiger charge is 2.45. The largest absolute Gasteiger partial charge is 0.523 e. The second kappa shape index (κ2) is 9.34. The second-order valence-corrected chi connectivity index (χ2v) is 8.56. The van der Waals surface area contributed by atoms with Crippen LogP contribution in [0.25, 0.3) is 43.6 Å². The third-order valence-corrected chi connectivity index (χ3v) is 6.66. The van der Waals surface area contributed by atoms with E-state index in [1.54, 1.807) is 25.1 Å². The number of nitrogens with zero attached hydrogens (tertiary/aromatic N) is 8. The first-order valence-corrected chi connectivity index (χ1v) is 11.3. The van der Waals surface area contributed by atoms with Crippen LogP contribution in [0, 0.1) is 35.8 Å². The van der Waals surface area contributed by atoms with Crippen LogP contribution in [0.3, 0.4) is 0 Å². The highest BCUT2D eigenvalue weighted by molar-refractivity contribution is 5.91. The number of benzene rings is 1. The molecule has 0 fully saturated rings. The SMILES string of the molecule is [C-]#[N+]C([N+]#[C-])=C1Cc2c(-c3ncccn3)c3c(c(-c4ncccn4)c2=C1C)CC(=C(C#N)C#N)C=3C(F)(F)F. The molecule has 8 nitrogen and oxygen atoms in total. The van der Waals surface area contributed by atoms with E-state index < -0.39 is 22.9 Å². The molecule has 2 aliphatic rings. The summed E-state index contributed by atoms with van der Waals surface area (Å²) < 4.78 is 44.5. The third kappa shape index (κ3) is 3.82. The zero-order chi connectivity index (χ0) is 27.9. The van der Waals surface area contributed by atoms with Crippen LogP contribution in [0.1, 0.15) is 18.1 Å². The minimum atomic E-state index is -4.94. The number of rotatable bonds is 2. The van der Waals surface area contributed by atoms with Crippen molar-refractivity contribution in [1.82, 2.24) is 19.9 Å². The van der Waals surface area contributed by atoms with Crippen molar-refractivity contribution in [3.63, 3.8) is 0 Å². The standard InChI is InChI=1S/C28H13F3N8/c1-14-16(25(34-2)35-3)10-18-20(14)22(26-36-6-4-7-37-26)19-11-17(15(12-32)13-33)24(28(29,30)31)21(19)23(18)27-38-8-5-9-39-27/h4-9H,10-11H2,1H3. The fourth-order valence-electron chi connectivity index (χ4n) is 5.22. The van der Waals surface area contributed by atoms with Gasteiger partial charge in [0.15, 0.2) is 11.6 Å². The summed E-state index contributed by atoms with van der Waals surface area (Å²) in [5.74, 6) is -0.0534. The van der Waals surface area contributed by atoms with Gasteiger partial charge in [0.05, 0.1) is 11.1 Å². The van der Waals surface area contributed by atoms with E-state index in [9.17, 15) is 23.7 Å². The molecule has 0 amide bonds. The molecule has 0 aliphatic heterocycles. The molecule has 3 aromatic rings. The van der Waals surface area contributed by atoms with Crippen molar-refractivity contribution in [2.75, 3.05) is 0 Å². The molecule has 2 aromatic heterocycles. The molecule has 39 heavy (non-hydrogen) atoms. The minimum Gasteiger partial charge on any atom is -0.237 e. The van der Waals surface area contributed by atoms with Gasteiger partial charge in [-0.1, -0.05) is 0 Å². The lowest BCUT2D eigenvalue weighted by molar-refractivity contribution is -0.0695. The van der Waals surface area contributed by atoms with E-state index in [1.807, 2.05) is 0 Å². The lowest BCUT2D eigenvalue weighted by atomic mass is 9.92. The Hall–Kier alpha value is -5.65. The van der Waals surface area contributed by atoms with Gasteiger partial charge >= 0.3 is 12.0 Å². The van der Waals surface area contributed by atoms with Gasteiger partial charge in [-0.25, -0.2) is 19.9 Å². The Morgan fingerprint density at radius 2 is 1.28 bits per heavy atom. The third-order valence-electron chi connectivity index (χ3n) is 6.66. The Morgan fingerprint density at radius 1 is 0.821 bits per heavy atom. The van der Waals surface area contributed by atoms with Crippen molar-refractivity contribution in [3.05, 3.63) is 104 Å². The maximum atomic E-state index is 14.8. The summed E-state index contributed by atoms with van der Waals surface area (Å²) in [6.45, 7) is 16.7. The molecule has 186 valence electrons. The summed E-state index contributed by atoms with van der Waals surface area (Å²) in [6.07, 6.45) is 0.362. The lowest BCUT2D eigenvalue weighted by Gasteiger charge is -2.15. The molecule has 0 atom stereocenters. The molecule has 0 radical (unpaired) electrons. The Kier molecular flexibility index (Phi) is 5.99. The fraction of sp³-hybridized carbons (Fsp3) is 0.143. The summed E-state index contributed by atoms with van der Waals surface area (Å²) in [7, 11) is 0. The normalized spacial score (nSPS) is 13.6. The van der Waals surface area contributed by atoms with Gasteiger partial charge in [-0.2, -0.15) is 33.4 Å². The molecule has 0 saturated heterocycles. The van der Waals surface area contributed by atoms with E-state index in [0.29, 0.717) is 21.9 Å². The summed E-state index contributed by atoms with van der Waals surface area (Å²) in [4.78, 5) is 23.8. The monoisotopic (exact) mass is 518 g/mol. The van der Waals surface area contributed by atoms with Gasteiger partial charge in [0.2, 0.25) is 0 Å². The minimum absolute atomic E-state index is 0.00483. The van der Waals surface area contributed by atoms with E-state index in [-0.39, 0.29) is 52.2 Å². The zero-order valence-electron chi connectivity index (χ0n) is 20.1. The van der Waals surface area contributed by atoms with Gasteiger partial charge in [0.25, 0.3) is 0 Å². The molecule has 0 bridgehead atoms. The Labute approximate surface area is 219 Å². The maximum Gasteiger partial charge on any atom is 0.523 e. The Bertz CT molecular complexity index is 1900. The molecular formula is C28H13F3N8. The second-order valence-electron chi connectivity index (χ2n) is 8.56. The van der Waals surface area contributed by atoms with Gasteiger partial charge in [-0.05, 0) is 53.0 Å². The highest BCUT2D eigenvalue weighted by Crippen LogP contribution is 2.42. The predicted octanol–water partition coefficient (Wildman–Crippen LogP) is 3.99. The van der Waals surface area contributed by atoms with Crippen molar-refractivity contribution in [3.8, 4) is 34.9 Å². The topological polar surface area (TPSA) is 108 Å². The molecule has 2 heterocycles. The Balaban J connectivity index is 2.15. The van der Waals surface area contributed by atoms with E-state index in [1.165, 1.54) is 30.9 Å². The van der Waals surface area contributed by atoms with Gasteiger partial charge in [-0.3, -0.25) is 0 Å². The van der Waals surface area contributed by atoms with Crippen LogP contribution >= 0.6 is 0 Å². The predicted molar refractivity (Wildman–Crippen MR) is 132 cm³/mol. The van der Waals surface area contributed by atoms with Gasteiger partial charge < -0.3 is 0 Å². The van der Waals surface area contributed by atoms with Crippen LogP contribution in [0.4, 0.5) is 13.2 Å². The zero-order valence-corrected chi connectivity index (χ0v) is 20.1. The summed E-state index contributed by atoms with van der Waals surface area (Å²) in [6, 6.07) is 6.31. The number of allylic oxidation sites excluding steroid dienone is 3. The van der Waals surface area contributed by atoms with Crippen molar-refractivity contribution >= 4 is 11.1 Å². The molecule has 0 saturated carbocycles. The number of fused-ring (bicyclic) bond motifs is 2. The number of hydrogen-bond acceptors (Lipinski definition) is 6. The molecule has 1 aromatic carbocycles. The van der Waals surface area contributed by atoms with E-state index in [0.717, 1.165) is 0 Å². The van der Waals surface area contributed by atoms with Crippen molar-refractivity contribution in [2.45, 2.75) is 25.9 Å². The van der Waals surface area contributed by atoms with Crippen LogP contribution in [0.2, 0.25) is 0 Å². The van der Waals surface area contributed by atoms with Crippen LogP contribution in [0.15, 0.2) is 59.5 Å². The Morgan fingerprint density at radius 3 is 1.74 bits per heavy atom. The fourth-order valence-corrected chi connectivity index (χ4v) is 5.22. The van der Waals surface area contributed by atoms with E-state index in [4.69, 9.17) is 13.1 Å². The van der Waals surface area contributed by atoms with Crippen molar-refractivity contribution in [2.24, 2.45) is 0 Å². The van der Waals surface area contributed by atoms with Crippen LogP contribution in [0.5, 0.6) is 0 Å².